The summed E-state index contributed by atoms with van der Waals surface area (Å²) in [6, 6.07) is 0. The largest absolute Gasteiger partial charge is 0.250 e. The highest BCUT2D eigenvalue weighted by atomic mass is 15.5. The molecule has 1 rings (SSSR count). The van der Waals surface area contributed by atoms with Crippen molar-refractivity contribution >= 4 is 0 Å². The van der Waals surface area contributed by atoms with Crippen molar-refractivity contribution in [3.8, 4) is 0 Å². The van der Waals surface area contributed by atoms with E-state index in [1.807, 2.05) is 0 Å². The van der Waals surface area contributed by atoms with Crippen molar-refractivity contribution in [1.29, 1.82) is 0 Å². The summed E-state index contributed by atoms with van der Waals surface area (Å²) in [5, 5.41) is 2.18. The first-order valence-electron chi connectivity index (χ1n) is 2.76. The molecule has 0 amide bonds. The van der Waals surface area contributed by atoms with Gasteiger partial charge in [0.2, 0.25) is 0 Å². The highest BCUT2D eigenvalue weighted by Gasteiger charge is 2.06. The summed E-state index contributed by atoms with van der Waals surface area (Å²) < 4.78 is 0. The first kappa shape index (κ1) is 5.06. The third-order valence-corrected chi connectivity index (χ3v) is 1.20. The molecule has 0 spiro atoms. The zero-order valence-electron chi connectivity index (χ0n) is 4.65. The van der Waals surface area contributed by atoms with Crippen molar-refractivity contribution in [1.82, 2.24) is 10.4 Å². The standard InChI is InChI=1S/C5H11N2/c1-2-7-5-3-4-6-7/h4,6H,2-3,5H2,1H3. The molecule has 0 bridgehead atoms. The average Bonchev–Trinajstić information content (AvgIpc) is 2.14. The van der Waals surface area contributed by atoms with E-state index >= 15 is 0 Å². The van der Waals surface area contributed by atoms with Crippen molar-refractivity contribution in [2.45, 2.75) is 13.3 Å². The average molecular weight is 99.2 g/mol. The zero-order chi connectivity index (χ0) is 5.11. The minimum atomic E-state index is 1.11. The van der Waals surface area contributed by atoms with E-state index in [-0.39, 0.29) is 0 Å². The molecule has 7 heavy (non-hydrogen) atoms. The molecule has 0 aromatic carbocycles. The SMILES string of the molecule is CCN1CC[CH]N1. The van der Waals surface area contributed by atoms with Gasteiger partial charge in [0.15, 0.2) is 0 Å². The van der Waals surface area contributed by atoms with Crippen LogP contribution in [0, 0.1) is 6.54 Å². The van der Waals surface area contributed by atoms with Crippen molar-refractivity contribution in [3.05, 3.63) is 6.54 Å². The predicted octanol–water partition coefficient (Wildman–Crippen LogP) is 0.378. The predicted molar refractivity (Wildman–Crippen MR) is 29.3 cm³/mol. The Bertz CT molecular complexity index is 48.0. The van der Waals surface area contributed by atoms with Crippen molar-refractivity contribution < 1.29 is 0 Å². The molecule has 0 aliphatic carbocycles. The van der Waals surface area contributed by atoms with E-state index in [1.54, 1.807) is 0 Å². The fraction of sp³-hybridized carbons (Fsp3) is 0.800. The lowest BCUT2D eigenvalue weighted by Gasteiger charge is -2.09. The Morgan fingerprint density at radius 1 is 1.86 bits per heavy atom. The van der Waals surface area contributed by atoms with Gasteiger partial charge in [0, 0.05) is 19.6 Å². The molecule has 41 valence electrons. The van der Waals surface area contributed by atoms with E-state index in [0.717, 1.165) is 6.54 Å². The molecule has 2 heteroatoms. The van der Waals surface area contributed by atoms with Gasteiger partial charge in [-0.25, -0.2) is 5.01 Å². The van der Waals surface area contributed by atoms with Crippen molar-refractivity contribution in [2.24, 2.45) is 0 Å². The lowest BCUT2D eigenvalue weighted by atomic mass is 10.5. The number of hydrogen-bond acceptors (Lipinski definition) is 2. The number of hydrazine groups is 1. The zero-order valence-corrected chi connectivity index (χ0v) is 4.65. The van der Waals surface area contributed by atoms with Gasteiger partial charge in [-0.3, -0.25) is 5.43 Å². The summed E-state index contributed by atoms with van der Waals surface area (Å²) in [5.74, 6) is 0. The van der Waals surface area contributed by atoms with Crippen LogP contribution in [0.4, 0.5) is 0 Å². The molecule has 0 saturated carbocycles. The van der Waals surface area contributed by atoms with Crippen LogP contribution in [0.2, 0.25) is 0 Å². The van der Waals surface area contributed by atoms with Crippen LogP contribution in [0.3, 0.4) is 0 Å². The molecular formula is C5H11N2. The van der Waals surface area contributed by atoms with Gasteiger partial charge in [0.1, 0.15) is 0 Å². The molecule has 1 heterocycles. The van der Waals surface area contributed by atoms with Crippen LogP contribution in [0.5, 0.6) is 0 Å². The molecule has 0 atom stereocenters. The molecule has 0 unspecified atom stereocenters. The maximum atomic E-state index is 3.11. The van der Waals surface area contributed by atoms with Crippen LogP contribution in [-0.4, -0.2) is 18.1 Å². The van der Waals surface area contributed by atoms with Gasteiger partial charge in [-0.2, -0.15) is 0 Å². The molecule has 1 radical (unpaired) electrons. The van der Waals surface area contributed by atoms with E-state index in [0.29, 0.717) is 0 Å². The normalized spacial score (nSPS) is 23.6. The van der Waals surface area contributed by atoms with E-state index in [9.17, 15) is 0 Å². The fourth-order valence-corrected chi connectivity index (χ4v) is 0.728. The molecule has 0 aromatic heterocycles. The van der Waals surface area contributed by atoms with Gasteiger partial charge in [-0.15, -0.1) is 0 Å². The van der Waals surface area contributed by atoms with Crippen LogP contribution in [0.15, 0.2) is 0 Å². The topological polar surface area (TPSA) is 15.3 Å². The number of hydrogen-bond donors (Lipinski definition) is 1. The maximum Gasteiger partial charge on any atom is 0.0395 e. The first-order valence-corrected chi connectivity index (χ1v) is 2.76. The summed E-state index contributed by atoms with van der Waals surface area (Å²) in [6.07, 6.45) is 1.19. The number of nitrogens with one attached hydrogen (secondary N) is 1. The highest BCUT2D eigenvalue weighted by molar-refractivity contribution is 4.69. The molecule has 0 aromatic rings. The van der Waals surface area contributed by atoms with Gasteiger partial charge in [-0.05, 0) is 6.42 Å². The third-order valence-electron chi connectivity index (χ3n) is 1.20. The summed E-state index contributed by atoms with van der Waals surface area (Å²) in [6.45, 7) is 6.52. The van der Waals surface area contributed by atoms with Gasteiger partial charge >= 0.3 is 0 Å². The van der Waals surface area contributed by atoms with E-state index < -0.39 is 0 Å². The lowest BCUT2D eigenvalue weighted by molar-refractivity contribution is 0.277. The third kappa shape index (κ3) is 1.14. The molecule has 1 saturated heterocycles. The summed E-state index contributed by atoms with van der Waals surface area (Å²) in [7, 11) is 0. The Labute approximate surface area is 44.5 Å². The highest BCUT2D eigenvalue weighted by Crippen LogP contribution is 1.96. The second kappa shape index (κ2) is 2.28. The Hall–Kier alpha value is -0.0800. The first-order chi connectivity index (χ1) is 3.43. The Morgan fingerprint density at radius 3 is 3.00 bits per heavy atom. The second-order valence-corrected chi connectivity index (χ2v) is 1.70. The van der Waals surface area contributed by atoms with Crippen LogP contribution in [-0.2, 0) is 0 Å². The smallest absolute Gasteiger partial charge is 0.0395 e. The number of rotatable bonds is 1. The van der Waals surface area contributed by atoms with Crippen molar-refractivity contribution in [2.75, 3.05) is 13.1 Å². The molecule has 1 aliphatic rings. The summed E-state index contributed by atoms with van der Waals surface area (Å²) in [5.41, 5.74) is 3.11. The van der Waals surface area contributed by atoms with Crippen LogP contribution >= 0.6 is 0 Å². The molecule has 1 fully saturated rings. The molecule has 2 nitrogen and oxygen atoms in total. The molecule has 1 aliphatic heterocycles. The van der Waals surface area contributed by atoms with Crippen LogP contribution < -0.4 is 5.43 Å². The fourth-order valence-electron chi connectivity index (χ4n) is 0.728. The van der Waals surface area contributed by atoms with Gasteiger partial charge in [-0.1, -0.05) is 6.92 Å². The summed E-state index contributed by atoms with van der Waals surface area (Å²) in [4.78, 5) is 0. The quantitative estimate of drug-likeness (QED) is 0.511. The molecular weight excluding hydrogens is 88.1 g/mol. The van der Waals surface area contributed by atoms with Crippen LogP contribution in [0.25, 0.3) is 0 Å². The minimum absolute atomic E-state index is 1.11. The van der Waals surface area contributed by atoms with E-state index in [1.165, 1.54) is 13.0 Å². The molecule has 1 N–H and O–H groups in total. The summed E-state index contributed by atoms with van der Waals surface area (Å²) >= 11 is 0. The Morgan fingerprint density at radius 2 is 2.71 bits per heavy atom. The number of nitrogens with zero attached hydrogens (tertiary/aromatic N) is 1. The monoisotopic (exact) mass is 99.1 g/mol. The Kier molecular flexibility index (Phi) is 1.65. The van der Waals surface area contributed by atoms with Gasteiger partial charge in [0.25, 0.3) is 0 Å². The van der Waals surface area contributed by atoms with Gasteiger partial charge < -0.3 is 0 Å². The minimum Gasteiger partial charge on any atom is -0.250 e. The Balaban J connectivity index is 2.14. The van der Waals surface area contributed by atoms with E-state index in [2.05, 4.69) is 23.9 Å². The van der Waals surface area contributed by atoms with Crippen molar-refractivity contribution in [3.63, 3.8) is 0 Å². The van der Waals surface area contributed by atoms with E-state index in [4.69, 9.17) is 0 Å². The lowest BCUT2D eigenvalue weighted by Crippen LogP contribution is -2.28. The van der Waals surface area contributed by atoms with Gasteiger partial charge in [0.05, 0.1) is 0 Å². The maximum absolute atomic E-state index is 3.11. The second-order valence-electron chi connectivity index (χ2n) is 1.70. The van der Waals surface area contributed by atoms with Crippen LogP contribution in [0.1, 0.15) is 13.3 Å².